The number of morpholine rings is 1. The van der Waals surface area contributed by atoms with Crippen molar-refractivity contribution in [1.82, 2.24) is 20.0 Å². The van der Waals surface area contributed by atoms with Crippen molar-refractivity contribution in [2.75, 3.05) is 72.1 Å². The highest BCUT2D eigenvalue weighted by molar-refractivity contribution is 5.89. The number of amides is 2. The average Bonchev–Trinajstić information content (AvgIpc) is 2.78. The molecule has 3 heterocycles. The summed E-state index contributed by atoms with van der Waals surface area (Å²) in [5.41, 5.74) is 0. The Balaban J connectivity index is 0.00000156. The Morgan fingerprint density at radius 2 is 1.84 bits per heavy atom. The SMILES string of the molecule is Cl.Cl.O=C1CC(C(=O)N2CCCNCC2)CN1CCN1CCOCC1. The maximum atomic E-state index is 12.6. The zero-order chi connectivity index (χ0) is 16.1. The lowest BCUT2D eigenvalue weighted by Gasteiger charge is -2.28. The first kappa shape index (κ1) is 22.4. The lowest BCUT2D eigenvalue weighted by molar-refractivity contribution is -0.135. The van der Waals surface area contributed by atoms with Crippen LogP contribution in [-0.2, 0) is 14.3 Å². The number of carbonyl (C=O) groups excluding carboxylic acids is 2. The molecule has 0 saturated carbocycles. The molecule has 146 valence electrons. The molecule has 1 unspecified atom stereocenters. The summed E-state index contributed by atoms with van der Waals surface area (Å²) in [5, 5.41) is 3.31. The molecule has 3 fully saturated rings. The predicted octanol–water partition coefficient (Wildman–Crippen LogP) is -0.167. The second-order valence-electron chi connectivity index (χ2n) is 6.62. The van der Waals surface area contributed by atoms with E-state index < -0.39 is 0 Å². The van der Waals surface area contributed by atoms with E-state index in [4.69, 9.17) is 4.74 Å². The first-order valence-electron chi connectivity index (χ1n) is 8.81. The highest BCUT2D eigenvalue weighted by Gasteiger charge is 2.36. The second kappa shape index (κ2) is 11.2. The molecule has 3 rings (SSSR count). The number of likely N-dealkylation sites (tertiary alicyclic amines) is 1. The van der Waals surface area contributed by atoms with Crippen LogP contribution in [0, 0.1) is 5.92 Å². The maximum Gasteiger partial charge on any atom is 0.228 e. The Kier molecular flexibility index (Phi) is 10.0. The van der Waals surface area contributed by atoms with E-state index in [1.54, 1.807) is 0 Å². The molecule has 0 aliphatic carbocycles. The Bertz CT molecular complexity index is 428. The fourth-order valence-electron chi connectivity index (χ4n) is 3.56. The molecule has 7 nitrogen and oxygen atoms in total. The van der Waals surface area contributed by atoms with Gasteiger partial charge in [0, 0.05) is 58.8 Å². The summed E-state index contributed by atoms with van der Waals surface area (Å²) < 4.78 is 5.34. The van der Waals surface area contributed by atoms with Crippen LogP contribution in [-0.4, -0.2) is 98.6 Å². The first-order valence-corrected chi connectivity index (χ1v) is 8.81. The fourth-order valence-corrected chi connectivity index (χ4v) is 3.56. The van der Waals surface area contributed by atoms with Gasteiger partial charge in [-0.05, 0) is 13.0 Å². The molecular formula is C16H30Cl2N4O3. The normalized spacial score (nSPS) is 25.1. The maximum absolute atomic E-state index is 12.6. The third-order valence-corrected chi connectivity index (χ3v) is 5.01. The largest absolute Gasteiger partial charge is 0.379 e. The Morgan fingerprint density at radius 1 is 1.08 bits per heavy atom. The van der Waals surface area contributed by atoms with E-state index in [1.807, 2.05) is 9.80 Å². The second-order valence-corrected chi connectivity index (χ2v) is 6.62. The molecule has 0 spiro atoms. The summed E-state index contributed by atoms with van der Waals surface area (Å²) in [4.78, 5) is 31.0. The minimum Gasteiger partial charge on any atom is -0.379 e. The molecule has 0 bridgehead atoms. The molecule has 25 heavy (non-hydrogen) atoms. The molecule has 0 aromatic rings. The summed E-state index contributed by atoms with van der Waals surface area (Å²) >= 11 is 0. The zero-order valence-electron chi connectivity index (χ0n) is 14.7. The molecule has 3 aliphatic rings. The minimum absolute atomic E-state index is 0. The molecule has 3 aliphatic heterocycles. The smallest absolute Gasteiger partial charge is 0.228 e. The topological polar surface area (TPSA) is 65.1 Å². The minimum atomic E-state index is -0.148. The van der Waals surface area contributed by atoms with E-state index >= 15 is 0 Å². The van der Waals surface area contributed by atoms with Crippen LogP contribution in [0.2, 0.25) is 0 Å². The van der Waals surface area contributed by atoms with Gasteiger partial charge >= 0.3 is 0 Å². The van der Waals surface area contributed by atoms with Gasteiger partial charge in [0.25, 0.3) is 0 Å². The number of nitrogens with zero attached hydrogens (tertiary/aromatic N) is 3. The van der Waals surface area contributed by atoms with Gasteiger partial charge in [-0.15, -0.1) is 24.8 Å². The quantitative estimate of drug-likeness (QED) is 0.714. The molecule has 3 saturated heterocycles. The average molecular weight is 397 g/mol. The Hall–Kier alpha value is -0.600. The number of halogens is 2. The van der Waals surface area contributed by atoms with Gasteiger partial charge in [-0.2, -0.15) is 0 Å². The van der Waals surface area contributed by atoms with E-state index in [-0.39, 0.29) is 42.5 Å². The van der Waals surface area contributed by atoms with Crippen LogP contribution in [0.15, 0.2) is 0 Å². The summed E-state index contributed by atoms with van der Waals surface area (Å²) in [5.74, 6) is 0.144. The van der Waals surface area contributed by atoms with Gasteiger partial charge in [-0.25, -0.2) is 0 Å². The van der Waals surface area contributed by atoms with Crippen molar-refractivity contribution in [3.05, 3.63) is 0 Å². The third kappa shape index (κ3) is 6.25. The number of rotatable bonds is 4. The van der Waals surface area contributed by atoms with Crippen LogP contribution in [0.4, 0.5) is 0 Å². The lowest BCUT2D eigenvalue weighted by Crippen LogP contribution is -2.42. The summed E-state index contributed by atoms with van der Waals surface area (Å²) in [6, 6.07) is 0. The monoisotopic (exact) mass is 396 g/mol. The van der Waals surface area contributed by atoms with Crippen molar-refractivity contribution in [3.8, 4) is 0 Å². The van der Waals surface area contributed by atoms with E-state index in [0.717, 1.165) is 72.0 Å². The highest BCUT2D eigenvalue weighted by atomic mass is 35.5. The standard InChI is InChI=1S/C16H28N4O3.2ClH/c21-15-12-14(16(22)19-4-1-2-17-3-5-19)13-20(15)7-6-18-8-10-23-11-9-18;;/h14,17H,1-13H2;2*1H. The third-order valence-electron chi connectivity index (χ3n) is 5.01. The van der Waals surface area contributed by atoms with Crippen LogP contribution in [0.3, 0.4) is 0 Å². The number of carbonyl (C=O) groups is 2. The Morgan fingerprint density at radius 3 is 2.60 bits per heavy atom. The van der Waals surface area contributed by atoms with E-state index in [0.29, 0.717) is 13.0 Å². The molecule has 1 N–H and O–H groups in total. The van der Waals surface area contributed by atoms with Gasteiger partial charge in [0.15, 0.2) is 0 Å². The van der Waals surface area contributed by atoms with Gasteiger partial charge in [-0.3, -0.25) is 14.5 Å². The van der Waals surface area contributed by atoms with E-state index in [9.17, 15) is 9.59 Å². The molecular weight excluding hydrogens is 367 g/mol. The van der Waals surface area contributed by atoms with E-state index in [2.05, 4.69) is 10.2 Å². The summed E-state index contributed by atoms with van der Waals surface area (Å²) in [6.07, 6.45) is 1.37. The van der Waals surface area contributed by atoms with Crippen LogP contribution >= 0.6 is 24.8 Å². The molecule has 0 radical (unpaired) electrons. The van der Waals surface area contributed by atoms with Gasteiger partial charge in [-0.1, -0.05) is 0 Å². The van der Waals surface area contributed by atoms with Crippen molar-refractivity contribution in [3.63, 3.8) is 0 Å². The van der Waals surface area contributed by atoms with Crippen LogP contribution in [0.1, 0.15) is 12.8 Å². The fraction of sp³-hybridized carbons (Fsp3) is 0.875. The number of nitrogens with one attached hydrogen (secondary N) is 1. The number of hydrogen-bond donors (Lipinski definition) is 1. The number of hydrogen-bond acceptors (Lipinski definition) is 5. The van der Waals surface area contributed by atoms with Crippen LogP contribution in [0.5, 0.6) is 0 Å². The van der Waals surface area contributed by atoms with Gasteiger partial charge in [0.05, 0.1) is 19.1 Å². The molecule has 0 aromatic heterocycles. The lowest BCUT2D eigenvalue weighted by atomic mass is 10.1. The van der Waals surface area contributed by atoms with Crippen LogP contribution < -0.4 is 5.32 Å². The van der Waals surface area contributed by atoms with Crippen molar-refractivity contribution in [2.24, 2.45) is 5.92 Å². The molecule has 2 amide bonds. The molecule has 9 heteroatoms. The van der Waals surface area contributed by atoms with Gasteiger partial charge in [0.2, 0.25) is 11.8 Å². The van der Waals surface area contributed by atoms with Crippen molar-refractivity contribution >= 4 is 36.6 Å². The highest BCUT2D eigenvalue weighted by Crippen LogP contribution is 2.20. The van der Waals surface area contributed by atoms with Gasteiger partial charge < -0.3 is 19.9 Å². The van der Waals surface area contributed by atoms with Crippen molar-refractivity contribution < 1.29 is 14.3 Å². The molecule has 1 atom stereocenters. The van der Waals surface area contributed by atoms with E-state index in [1.165, 1.54) is 0 Å². The molecule has 0 aromatic carbocycles. The summed E-state index contributed by atoms with van der Waals surface area (Å²) in [6.45, 7) is 9.01. The van der Waals surface area contributed by atoms with Crippen LogP contribution in [0.25, 0.3) is 0 Å². The zero-order valence-corrected chi connectivity index (χ0v) is 16.3. The van der Waals surface area contributed by atoms with Crippen molar-refractivity contribution in [2.45, 2.75) is 12.8 Å². The summed E-state index contributed by atoms with van der Waals surface area (Å²) in [7, 11) is 0. The first-order chi connectivity index (χ1) is 11.2. The number of ether oxygens (including phenoxy) is 1. The predicted molar refractivity (Wildman–Crippen MR) is 101 cm³/mol. The van der Waals surface area contributed by atoms with Crippen molar-refractivity contribution in [1.29, 1.82) is 0 Å². The Labute approximate surface area is 162 Å². The van der Waals surface area contributed by atoms with Gasteiger partial charge in [0.1, 0.15) is 0 Å².